The number of aryl methyl sites for hydroxylation is 1. The van der Waals surface area contributed by atoms with Crippen LogP contribution in [0.15, 0.2) is 63.4 Å². The van der Waals surface area contributed by atoms with Gasteiger partial charge in [-0.1, -0.05) is 0 Å². The highest BCUT2D eigenvalue weighted by Gasteiger charge is 2.37. The molecule has 3 rings (SSSR count). The average molecular weight is 337 g/mol. The van der Waals surface area contributed by atoms with E-state index in [1.165, 1.54) is 41.9 Å². The first kappa shape index (κ1) is 15.5. The Bertz CT molecular complexity index is 831. The molecule has 0 aromatic carbocycles. The monoisotopic (exact) mass is 337 g/mol. The largest absolute Gasteiger partial charge is 0.472 e. The highest BCUT2D eigenvalue weighted by Crippen LogP contribution is 2.30. The van der Waals surface area contributed by atoms with Gasteiger partial charge in [0.25, 0.3) is 10.0 Å². The van der Waals surface area contributed by atoms with Crippen molar-refractivity contribution >= 4 is 10.0 Å². The van der Waals surface area contributed by atoms with E-state index in [0.29, 0.717) is 5.56 Å². The van der Waals surface area contributed by atoms with Gasteiger partial charge in [-0.3, -0.25) is 0 Å². The molecule has 9 heteroatoms. The van der Waals surface area contributed by atoms with Crippen LogP contribution in [0.3, 0.4) is 0 Å². The summed E-state index contributed by atoms with van der Waals surface area (Å²) in [4.78, 5) is 3.80. The average Bonchev–Trinajstić information content (AvgIpc) is 3.25. The Morgan fingerprint density at radius 3 is 2.78 bits per heavy atom. The Labute approximate surface area is 132 Å². The summed E-state index contributed by atoms with van der Waals surface area (Å²) in [5, 5.41) is 10.8. The lowest BCUT2D eigenvalue weighted by Crippen LogP contribution is -2.41. The summed E-state index contributed by atoms with van der Waals surface area (Å²) in [5.41, 5.74) is -1.32. The third-order valence-electron chi connectivity index (χ3n) is 3.40. The number of rotatable bonds is 6. The van der Waals surface area contributed by atoms with Gasteiger partial charge in [-0.25, -0.2) is 18.1 Å². The Balaban J connectivity index is 1.89. The lowest BCUT2D eigenvalue weighted by Gasteiger charge is -2.24. The van der Waals surface area contributed by atoms with E-state index in [9.17, 15) is 13.5 Å². The first-order chi connectivity index (χ1) is 10.9. The molecule has 3 heterocycles. The van der Waals surface area contributed by atoms with Crippen molar-refractivity contribution in [2.24, 2.45) is 7.05 Å². The lowest BCUT2D eigenvalue weighted by atomic mass is 9.94. The van der Waals surface area contributed by atoms with Crippen LogP contribution in [0.1, 0.15) is 11.3 Å². The zero-order valence-electron chi connectivity index (χ0n) is 12.2. The fourth-order valence-corrected chi connectivity index (χ4v) is 3.18. The second-order valence-electron chi connectivity index (χ2n) is 5.05. The maximum Gasteiger partial charge on any atom is 0.259 e. The van der Waals surface area contributed by atoms with Crippen LogP contribution in [0.4, 0.5) is 0 Å². The highest BCUT2D eigenvalue weighted by atomic mass is 32.2. The maximum atomic E-state index is 12.3. The first-order valence-corrected chi connectivity index (χ1v) is 8.17. The molecule has 0 saturated heterocycles. The van der Waals surface area contributed by atoms with Crippen LogP contribution >= 0.6 is 0 Å². The van der Waals surface area contributed by atoms with Crippen LogP contribution in [0, 0.1) is 0 Å². The van der Waals surface area contributed by atoms with Crippen molar-refractivity contribution in [3.63, 3.8) is 0 Å². The molecule has 0 aliphatic rings. The number of hydrogen-bond donors (Lipinski definition) is 2. The highest BCUT2D eigenvalue weighted by molar-refractivity contribution is 7.89. The van der Waals surface area contributed by atoms with Gasteiger partial charge in [-0.05, 0) is 18.2 Å². The van der Waals surface area contributed by atoms with Gasteiger partial charge in [0.1, 0.15) is 5.76 Å². The molecule has 2 N–H and O–H groups in total. The van der Waals surface area contributed by atoms with Gasteiger partial charge >= 0.3 is 0 Å². The standard InChI is InChI=1S/C14H15N3O5S/c1-17-7-13(15-10-17)23(19,20)16-9-14(18,11-4-6-21-8-11)12-3-2-5-22-12/h2-8,10,16,18H,9H2,1H3/t14-/m1/s1. The summed E-state index contributed by atoms with van der Waals surface area (Å²) in [5.74, 6) is 0.197. The van der Waals surface area contributed by atoms with Gasteiger partial charge in [-0.15, -0.1) is 0 Å². The minimum absolute atomic E-state index is 0.131. The number of hydrogen-bond acceptors (Lipinski definition) is 6. The van der Waals surface area contributed by atoms with E-state index in [2.05, 4.69) is 9.71 Å². The molecule has 122 valence electrons. The van der Waals surface area contributed by atoms with Crippen molar-refractivity contribution in [3.05, 3.63) is 60.8 Å². The minimum atomic E-state index is -3.87. The van der Waals surface area contributed by atoms with Crippen LogP contribution in [0.25, 0.3) is 0 Å². The summed E-state index contributed by atoms with van der Waals surface area (Å²) in [6.07, 6.45) is 6.86. The van der Waals surface area contributed by atoms with Crippen molar-refractivity contribution < 1.29 is 22.4 Å². The number of furan rings is 2. The van der Waals surface area contributed by atoms with Crippen molar-refractivity contribution in [1.29, 1.82) is 0 Å². The number of nitrogens with zero attached hydrogens (tertiary/aromatic N) is 2. The Morgan fingerprint density at radius 1 is 1.39 bits per heavy atom. The molecule has 1 atom stereocenters. The molecule has 0 bridgehead atoms. The molecule has 23 heavy (non-hydrogen) atoms. The number of nitrogens with one attached hydrogen (secondary N) is 1. The molecule has 3 aromatic heterocycles. The fourth-order valence-electron chi connectivity index (χ4n) is 2.15. The quantitative estimate of drug-likeness (QED) is 0.689. The SMILES string of the molecule is Cn1cnc(S(=O)(=O)NC[C@@](O)(c2ccoc2)c2ccco2)c1. The molecule has 0 radical (unpaired) electrons. The third-order valence-corrected chi connectivity index (χ3v) is 4.69. The summed E-state index contributed by atoms with van der Waals surface area (Å²) in [6.45, 7) is -0.334. The normalized spacial score (nSPS) is 14.7. The predicted octanol–water partition coefficient (Wildman–Crippen LogP) is 0.820. The van der Waals surface area contributed by atoms with Crippen LogP contribution in [0.5, 0.6) is 0 Å². The second kappa shape index (κ2) is 5.69. The smallest absolute Gasteiger partial charge is 0.259 e. The molecule has 0 aliphatic heterocycles. The summed E-state index contributed by atoms with van der Waals surface area (Å²) < 4.78 is 38.7. The van der Waals surface area contributed by atoms with Gasteiger partial charge in [0.15, 0.2) is 10.6 Å². The van der Waals surface area contributed by atoms with Crippen molar-refractivity contribution in [3.8, 4) is 0 Å². The van der Waals surface area contributed by atoms with Crippen molar-refractivity contribution in [1.82, 2.24) is 14.3 Å². The number of aromatic nitrogens is 2. The van der Waals surface area contributed by atoms with E-state index >= 15 is 0 Å². The molecule has 0 saturated carbocycles. The lowest BCUT2D eigenvalue weighted by molar-refractivity contribution is 0.0613. The summed E-state index contributed by atoms with van der Waals surface area (Å²) in [6, 6.07) is 4.70. The topological polar surface area (TPSA) is 110 Å². The Kier molecular flexibility index (Phi) is 3.84. The first-order valence-electron chi connectivity index (χ1n) is 6.68. The van der Waals surface area contributed by atoms with Crippen LogP contribution in [0.2, 0.25) is 0 Å². The molecule has 0 spiro atoms. The molecular formula is C14H15N3O5S. The van der Waals surface area contributed by atoms with E-state index in [-0.39, 0.29) is 17.3 Å². The van der Waals surface area contributed by atoms with Gasteiger partial charge in [0, 0.05) is 18.8 Å². The van der Waals surface area contributed by atoms with Crippen molar-refractivity contribution in [2.45, 2.75) is 10.6 Å². The van der Waals surface area contributed by atoms with E-state index in [1.807, 2.05) is 0 Å². The molecule has 0 fully saturated rings. The second-order valence-corrected chi connectivity index (χ2v) is 6.77. The number of aliphatic hydroxyl groups is 1. The van der Waals surface area contributed by atoms with E-state index < -0.39 is 15.6 Å². The maximum absolute atomic E-state index is 12.3. The number of sulfonamides is 1. The molecule has 0 amide bonds. The Hall–Kier alpha value is -2.36. The van der Waals surface area contributed by atoms with Gasteiger partial charge in [0.05, 0.1) is 31.7 Å². The zero-order valence-corrected chi connectivity index (χ0v) is 13.0. The van der Waals surface area contributed by atoms with Gasteiger partial charge < -0.3 is 18.5 Å². The minimum Gasteiger partial charge on any atom is -0.472 e. The zero-order chi connectivity index (χ0) is 16.5. The molecule has 8 nitrogen and oxygen atoms in total. The van der Waals surface area contributed by atoms with Crippen LogP contribution in [-0.2, 0) is 22.7 Å². The molecular weight excluding hydrogens is 322 g/mol. The third kappa shape index (κ3) is 2.93. The van der Waals surface area contributed by atoms with Gasteiger partial charge in [0.2, 0.25) is 0 Å². The van der Waals surface area contributed by atoms with E-state index in [4.69, 9.17) is 8.83 Å². The van der Waals surface area contributed by atoms with Crippen molar-refractivity contribution in [2.75, 3.05) is 6.54 Å². The molecule has 0 aliphatic carbocycles. The summed E-state index contributed by atoms with van der Waals surface area (Å²) in [7, 11) is -2.21. The van der Waals surface area contributed by atoms with Crippen LogP contribution < -0.4 is 4.72 Å². The summed E-state index contributed by atoms with van der Waals surface area (Å²) >= 11 is 0. The predicted molar refractivity (Wildman–Crippen MR) is 78.8 cm³/mol. The molecule has 3 aromatic rings. The van der Waals surface area contributed by atoms with E-state index in [0.717, 1.165) is 0 Å². The molecule has 0 unspecified atom stereocenters. The van der Waals surface area contributed by atoms with Crippen LogP contribution in [-0.4, -0.2) is 29.6 Å². The Morgan fingerprint density at radius 2 is 2.22 bits per heavy atom. The fraction of sp³-hybridized carbons (Fsp3) is 0.214. The van der Waals surface area contributed by atoms with Gasteiger partial charge in [-0.2, -0.15) is 0 Å². The number of imidazole rings is 1. The van der Waals surface area contributed by atoms with E-state index in [1.54, 1.807) is 19.2 Å².